The third kappa shape index (κ3) is 2.76. The van der Waals surface area contributed by atoms with Crippen molar-refractivity contribution < 1.29 is 4.74 Å². The molecule has 2 N–H and O–H groups in total. The Balaban J connectivity index is 0.00000128. The molecule has 0 aliphatic carbocycles. The van der Waals surface area contributed by atoms with Crippen molar-refractivity contribution in [2.45, 2.75) is 6.04 Å². The Morgan fingerprint density at radius 2 is 1.81 bits per heavy atom. The molecule has 0 spiro atoms. The van der Waals surface area contributed by atoms with E-state index in [1.54, 1.807) is 18.4 Å². The number of hydrogen-bond donors (Lipinski definition) is 1. The predicted molar refractivity (Wildman–Crippen MR) is 70.6 cm³/mol. The summed E-state index contributed by atoms with van der Waals surface area (Å²) in [5, 5.41) is 4.12. The second kappa shape index (κ2) is 5.89. The smallest absolute Gasteiger partial charge is 0.118 e. The predicted octanol–water partition coefficient (Wildman–Crippen LogP) is 3.23. The van der Waals surface area contributed by atoms with Crippen LogP contribution in [0.1, 0.15) is 17.2 Å². The van der Waals surface area contributed by atoms with Gasteiger partial charge < -0.3 is 10.5 Å². The lowest BCUT2D eigenvalue weighted by molar-refractivity contribution is 0.414. The minimum Gasteiger partial charge on any atom is -0.497 e. The fourth-order valence-electron chi connectivity index (χ4n) is 1.46. The quantitative estimate of drug-likeness (QED) is 0.914. The molecule has 0 saturated carbocycles. The second-order valence-corrected chi connectivity index (χ2v) is 4.09. The first kappa shape index (κ1) is 13.0. The van der Waals surface area contributed by atoms with Crippen LogP contribution >= 0.6 is 23.7 Å². The average molecular weight is 256 g/mol. The summed E-state index contributed by atoms with van der Waals surface area (Å²) in [6, 6.07) is 9.88. The molecule has 0 fully saturated rings. The lowest BCUT2D eigenvalue weighted by Crippen LogP contribution is -2.10. The van der Waals surface area contributed by atoms with Gasteiger partial charge in [-0.25, -0.2) is 0 Å². The first-order valence-corrected chi connectivity index (χ1v) is 5.67. The van der Waals surface area contributed by atoms with Crippen LogP contribution in [0.5, 0.6) is 5.75 Å². The van der Waals surface area contributed by atoms with Crippen molar-refractivity contribution in [1.29, 1.82) is 0 Å². The summed E-state index contributed by atoms with van der Waals surface area (Å²) in [7, 11) is 1.66. The maximum Gasteiger partial charge on any atom is 0.118 e. The van der Waals surface area contributed by atoms with Crippen molar-refractivity contribution in [2.24, 2.45) is 5.73 Å². The van der Waals surface area contributed by atoms with E-state index in [2.05, 4.69) is 11.4 Å². The van der Waals surface area contributed by atoms with E-state index in [-0.39, 0.29) is 18.4 Å². The molecular weight excluding hydrogens is 242 g/mol. The van der Waals surface area contributed by atoms with Crippen molar-refractivity contribution in [2.75, 3.05) is 7.11 Å². The van der Waals surface area contributed by atoms with Crippen LogP contribution in [0, 0.1) is 0 Å². The third-order valence-electron chi connectivity index (χ3n) is 2.38. The summed E-state index contributed by atoms with van der Waals surface area (Å²) < 4.78 is 5.10. The minimum absolute atomic E-state index is 0. The molecule has 4 heteroatoms. The topological polar surface area (TPSA) is 35.2 Å². The van der Waals surface area contributed by atoms with E-state index >= 15 is 0 Å². The Morgan fingerprint density at radius 1 is 1.12 bits per heavy atom. The van der Waals surface area contributed by atoms with Gasteiger partial charge in [-0.15, -0.1) is 12.4 Å². The van der Waals surface area contributed by atoms with Gasteiger partial charge in [-0.3, -0.25) is 0 Å². The van der Waals surface area contributed by atoms with Crippen LogP contribution < -0.4 is 10.5 Å². The lowest BCUT2D eigenvalue weighted by atomic mass is 10.0. The summed E-state index contributed by atoms with van der Waals surface area (Å²) >= 11 is 1.67. The first-order valence-electron chi connectivity index (χ1n) is 4.73. The van der Waals surface area contributed by atoms with Crippen LogP contribution in [-0.4, -0.2) is 7.11 Å². The molecule has 16 heavy (non-hydrogen) atoms. The molecule has 0 saturated heterocycles. The van der Waals surface area contributed by atoms with Gasteiger partial charge in [-0.2, -0.15) is 11.3 Å². The Hall–Kier alpha value is -1.03. The molecule has 0 amide bonds. The van der Waals surface area contributed by atoms with Gasteiger partial charge in [0.2, 0.25) is 0 Å². The standard InChI is InChI=1S/C12H13NOS.ClH/c1-14-11-4-2-9(3-5-11)12(13)10-6-7-15-8-10;/h2-8,12H,13H2,1H3;1H/t12-;/m1./s1. The fourth-order valence-corrected chi connectivity index (χ4v) is 2.15. The van der Waals surface area contributed by atoms with Gasteiger partial charge in [0.05, 0.1) is 13.2 Å². The van der Waals surface area contributed by atoms with E-state index in [9.17, 15) is 0 Å². The normalized spacial score (nSPS) is 11.6. The number of halogens is 1. The number of methoxy groups -OCH3 is 1. The molecule has 2 nitrogen and oxygen atoms in total. The van der Waals surface area contributed by atoms with E-state index < -0.39 is 0 Å². The highest BCUT2D eigenvalue weighted by Crippen LogP contribution is 2.23. The van der Waals surface area contributed by atoms with Crippen molar-refractivity contribution in [1.82, 2.24) is 0 Å². The summed E-state index contributed by atoms with van der Waals surface area (Å²) in [6.07, 6.45) is 0. The number of benzene rings is 1. The minimum atomic E-state index is -0.0397. The summed E-state index contributed by atoms with van der Waals surface area (Å²) in [4.78, 5) is 0. The molecule has 0 bridgehead atoms. The number of thiophene rings is 1. The maximum absolute atomic E-state index is 6.12. The highest BCUT2D eigenvalue weighted by atomic mass is 35.5. The molecular formula is C12H14ClNOS. The van der Waals surface area contributed by atoms with E-state index in [0.717, 1.165) is 16.9 Å². The van der Waals surface area contributed by atoms with Gasteiger partial charge in [0.25, 0.3) is 0 Å². The Kier molecular flexibility index (Phi) is 4.80. The summed E-state index contributed by atoms with van der Waals surface area (Å²) in [6.45, 7) is 0. The Morgan fingerprint density at radius 3 is 2.31 bits per heavy atom. The van der Waals surface area contributed by atoms with Crippen LogP contribution in [0.4, 0.5) is 0 Å². The molecule has 1 aromatic heterocycles. The highest BCUT2D eigenvalue weighted by Gasteiger charge is 2.08. The van der Waals surface area contributed by atoms with E-state index in [1.807, 2.05) is 29.6 Å². The van der Waals surface area contributed by atoms with Gasteiger partial charge in [0.15, 0.2) is 0 Å². The molecule has 0 unspecified atom stereocenters. The van der Waals surface area contributed by atoms with Crippen molar-refractivity contribution in [3.05, 3.63) is 52.2 Å². The molecule has 1 heterocycles. The second-order valence-electron chi connectivity index (χ2n) is 3.31. The fraction of sp³-hybridized carbons (Fsp3) is 0.167. The number of ether oxygens (including phenoxy) is 1. The molecule has 2 rings (SSSR count). The molecule has 1 atom stereocenters. The van der Waals surface area contributed by atoms with Crippen molar-refractivity contribution >= 4 is 23.7 Å². The molecule has 2 aromatic rings. The Bertz CT molecular complexity index is 413. The highest BCUT2D eigenvalue weighted by molar-refractivity contribution is 7.08. The number of rotatable bonds is 3. The van der Waals surface area contributed by atoms with Gasteiger partial charge in [-0.1, -0.05) is 12.1 Å². The van der Waals surface area contributed by atoms with Crippen LogP contribution in [0.2, 0.25) is 0 Å². The van der Waals surface area contributed by atoms with Crippen LogP contribution in [0.25, 0.3) is 0 Å². The largest absolute Gasteiger partial charge is 0.497 e. The van der Waals surface area contributed by atoms with Crippen LogP contribution in [0.3, 0.4) is 0 Å². The van der Waals surface area contributed by atoms with E-state index in [0.29, 0.717) is 0 Å². The number of nitrogens with two attached hydrogens (primary N) is 1. The van der Waals surface area contributed by atoms with Crippen LogP contribution in [0.15, 0.2) is 41.1 Å². The van der Waals surface area contributed by atoms with Crippen molar-refractivity contribution in [3.63, 3.8) is 0 Å². The van der Waals surface area contributed by atoms with E-state index in [1.165, 1.54) is 0 Å². The van der Waals surface area contributed by atoms with Gasteiger partial charge in [0, 0.05) is 0 Å². The first-order chi connectivity index (χ1) is 7.31. The molecule has 1 aromatic carbocycles. The molecule has 86 valence electrons. The van der Waals surface area contributed by atoms with Gasteiger partial charge >= 0.3 is 0 Å². The zero-order valence-electron chi connectivity index (χ0n) is 8.92. The molecule has 0 aliphatic rings. The maximum atomic E-state index is 6.12. The van der Waals surface area contributed by atoms with Gasteiger partial charge in [0.1, 0.15) is 5.75 Å². The lowest BCUT2D eigenvalue weighted by Gasteiger charge is -2.10. The third-order valence-corrected chi connectivity index (χ3v) is 3.08. The Labute approximate surface area is 105 Å². The van der Waals surface area contributed by atoms with Gasteiger partial charge in [-0.05, 0) is 40.1 Å². The number of hydrogen-bond acceptors (Lipinski definition) is 3. The van der Waals surface area contributed by atoms with Crippen molar-refractivity contribution in [3.8, 4) is 5.75 Å². The molecule has 0 aliphatic heterocycles. The van der Waals surface area contributed by atoms with E-state index in [4.69, 9.17) is 10.5 Å². The zero-order chi connectivity index (χ0) is 10.7. The monoisotopic (exact) mass is 255 g/mol. The SMILES string of the molecule is COc1ccc([C@@H](N)c2ccsc2)cc1.Cl. The summed E-state index contributed by atoms with van der Waals surface area (Å²) in [5.41, 5.74) is 8.38. The zero-order valence-corrected chi connectivity index (χ0v) is 10.6. The summed E-state index contributed by atoms with van der Waals surface area (Å²) in [5.74, 6) is 0.858. The average Bonchev–Trinajstić information content (AvgIpc) is 2.82. The van der Waals surface area contributed by atoms with Crippen LogP contribution in [-0.2, 0) is 0 Å². The molecule has 0 radical (unpaired) electrons.